The van der Waals surface area contributed by atoms with Crippen LogP contribution >= 0.6 is 0 Å². The maximum absolute atomic E-state index is 14.3. The Morgan fingerprint density at radius 2 is 1.05 bits per heavy atom. The van der Waals surface area contributed by atoms with Gasteiger partial charge in [0.1, 0.15) is 18.5 Å². The van der Waals surface area contributed by atoms with Gasteiger partial charge in [-0.1, -0.05) is 153 Å². The molecule has 3 nitrogen and oxygen atoms in total. The van der Waals surface area contributed by atoms with E-state index in [9.17, 15) is 4.39 Å². The molecule has 0 aliphatic heterocycles. The standard InChI is InChI=1S/C39H57FN2O/c1-3-5-7-9-11-13-14-16-18-20-33-22-24-35(25-23-33)39-41-30-36(31-42-39)34-26-28-38(29-27-34)43-32-37(40)21-19-17-15-12-10-8-6-4-2/h22-31,37H,3-21,32H2,1-2H3. The number of alkyl halides is 1. The van der Waals surface area contributed by atoms with Crippen molar-refractivity contribution in [3.05, 3.63) is 66.5 Å². The first kappa shape index (κ1) is 34.7. The van der Waals surface area contributed by atoms with E-state index in [0.29, 0.717) is 12.2 Å². The Labute approximate surface area is 262 Å². The van der Waals surface area contributed by atoms with Gasteiger partial charge in [-0.25, -0.2) is 14.4 Å². The number of unbranched alkanes of at least 4 members (excludes halogenated alkanes) is 15. The zero-order valence-electron chi connectivity index (χ0n) is 27.2. The molecule has 4 heteroatoms. The topological polar surface area (TPSA) is 35.0 Å². The highest BCUT2D eigenvalue weighted by Gasteiger charge is 2.09. The fourth-order valence-electron chi connectivity index (χ4n) is 5.60. The van der Waals surface area contributed by atoms with Crippen LogP contribution in [0.4, 0.5) is 4.39 Å². The summed E-state index contributed by atoms with van der Waals surface area (Å²) >= 11 is 0. The molecule has 0 bridgehead atoms. The van der Waals surface area contributed by atoms with Gasteiger partial charge in [-0.2, -0.15) is 0 Å². The molecule has 1 unspecified atom stereocenters. The predicted octanol–water partition coefficient (Wildman–Crippen LogP) is 12.1. The van der Waals surface area contributed by atoms with Gasteiger partial charge in [-0.3, -0.25) is 0 Å². The van der Waals surface area contributed by atoms with Crippen molar-refractivity contribution in [2.75, 3.05) is 6.61 Å². The zero-order chi connectivity index (χ0) is 30.4. The number of ether oxygens (including phenoxy) is 1. The number of halogens is 1. The van der Waals surface area contributed by atoms with E-state index in [2.05, 4.69) is 48.1 Å². The largest absolute Gasteiger partial charge is 0.491 e. The Kier molecular flexibility index (Phi) is 17.7. The third-order valence-corrected chi connectivity index (χ3v) is 8.42. The summed E-state index contributed by atoms with van der Waals surface area (Å²) in [5.74, 6) is 1.44. The van der Waals surface area contributed by atoms with Crippen LogP contribution in [0.5, 0.6) is 5.75 Å². The second-order valence-corrected chi connectivity index (χ2v) is 12.3. The Morgan fingerprint density at radius 3 is 1.60 bits per heavy atom. The van der Waals surface area contributed by atoms with Crippen LogP contribution in [0.25, 0.3) is 22.5 Å². The summed E-state index contributed by atoms with van der Waals surface area (Å²) in [7, 11) is 0. The summed E-state index contributed by atoms with van der Waals surface area (Å²) in [6, 6.07) is 16.5. The maximum Gasteiger partial charge on any atom is 0.159 e. The average molecular weight is 589 g/mol. The lowest BCUT2D eigenvalue weighted by Gasteiger charge is -2.11. The number of hydrogen-bond donors (Lipinski definition) is 0. The highest BCUT2D eigenvalue weighted by molar-refractivity contribution is 5.64. The molecular weight excluding hydrogens is 531 g/mol. The summed E-state index contributed by atoms with van der Waals surface area (Å²) in [6.45, 7) is 4.63. The van der Waals surface area contributed by atoms with Gasteiger partial charge in [0.2, 0.25) is 0 Å². The van der Waals surface area contributed by atoms with Crippen LogP contribution < -0.4 is 4.74 Å². The van der Waals surface area contributed by atoms with Gasteiger partial charge in [0.25, 0.3) is 0 Å². The van der Waals surface area contributed by atoms with Gasteiger partial charge in [-0.15, -0.1) is 0 Å². The Balaban J connectivity index is 1.33. The molecule has 1 atom stereocenters. The van der Waals surface area contributed by atoms with Crippen LogP contribution in [-0.4, -0.2) is 22.7 Å². The second-order valence-electron chi connectivity index (χ2n) is 12.3. The molecule has 0 aliphatic rings. The van der Waals surface area contributed by atoms with Crippen molar-refractivity contribution in [3.8, 4) is 28.3 Å². The van der Waals surface area contributed by atoms with Crippen LogP contribution in [0.1, 0.15) is 135 Å². The van der Waals surface area contributed by atoms with Gasteiger partial charge in [-0.05, 0) is 42.5 Å². The number of rotatable bonds is 24. The summed E-state index contributed by atoms with van der Waals surface area (Å²) < 4.78 is 20.0. The highest BCUT2D eigenvalue weighted by atomic mass is 19.1. The first-order chi connectivity index (χ1) is 21.2. The lowest BCUT2D eigenvalue weighted by molar-refractivity contribution is 0.184. The summed E-state index contributed by atoms with van der Waals surface area (Å²) in [4.78, 5) is 9.26. The van der Waals surface area contributed by atoms with Crippen LogP contribution in [-0.2, 0) is 6.42 Å². The average Bonchev–Trinajstić information content (AvgIpc) is 3.05. The molecule has 0 N–H and O–H groups in total. The fraction of sp³-hybridized carbons (Fsp3) is 0.590. The maximum atomic E-state index is 14.3. The summed E-state index contributed by atoms with van der Waals surface area (Å²) in [5, 5.41) is 0. The van der Waals surface area contributed by atoms with Gasteiger partial charge >= 0.3 is 0 Å². The molecule has 1 aromatic heterocycles. The third kappa shape index (κ3) is 14.5. The number of aryl methyl sites for hydroxylation is 1. The van der Waals surface area contributed by atoms with E-state index in [1.807, 2.05) is 36.7 Å². The van der Waals surface area contributed by atoms with E-state index in [1.54, 1.807) is 0 Å². The van der Waals surface area contributed by atoms with E-state index in [0.717, 1.165) is 41.8 Å². The molecular formula is C39H57FN2O. The van der Waals surface area contributed by atoms with E-state index in [4.69, 9.17) is 4.74 Å². The molecule has 0 spiro atoms. The van der Waals surface area contributed by atoms with Crippen molar-refractivity contribution in [1.29, 1.82) is 0 Å². The van der Waals surface area contributed by atoms with E-state index >= 15 is 0 Å². The quantitative estimate of drug-likeness (QED) is 0.0976. The molecule has 1 heterocycles. The molecule has 0 saturated carbocycles. The first-order valence-electron chi connectivity index (χ1n) is 17.5. The second kappa shape index (κ2) is 21.9. The minimum absolute atomic E-state index is 0.117. The van der Waals surface area contributed by atoms with Crippen molar-refractivity contribution < 1.29 is 9.13 Å². The highest BCUT2D eigenvalue weighted by Crippen LogP contribution is 2.24. The Morgan fingerprint density at radius 1 is 0.558 bits per heavy atom. The first-order valence-corrected chi connectivity index (χ1v) is 17.5. The van der Waals surface area contributed by atoms with E-state index < -0.39 is 6.17 Å². The van der Waals surface area contributed by atoms with E-state index in [1.165, 1.54) is 102 Å². The minimum atomic E-state index is -0.912. The van der Waals surface area contributed by atoms with Gasteiger partial charge in [0, 0.05) is 23.5 Å². The normalized spacial score (nSPS) is 12.0. The van der Waals surface area contributed by atoms with Crippen LogP contribution in [0.2, 0.25) is 0 Å². The van der Waals surface area contributed by atoms with Gasteiger partial charge in [0.15, 0.2) is 5.82 Å². The Bertz CT molecular complexity index is 1080. The van der Waals surface area contributed by atoms with Crippen LogP contribution in [0, 0.1) is 0 Å². The fourth-order valence-corrected chi connectivity index (χ4v) is 5.60. The third-order valence-electron chi connectivity index (χ3n) is 8.42. The number of benzene rings is 2. The van der Waals surface area contributed by atoms with Crippen molar-refractivity contribution in [1.82, 2.24) is 9.97 Å². The molecule has 43 heavy (non-hydrogen) atoms. The molecule has 3 aromatic rings. The van der Waals surface area contributed by atoms with Crippen molar-refractivity contribution in [3.63, 3.8) is 0 Å². The number of nitrogens with zero attached hydrogens (tertiary/aromatic N) is 2. The summed E-state index contributed by atoms with van der Waals surface area (Å²) in [5.41, 5.74) is 4.40. The van der Waals surface area contributed by atoms with Crippen LogP contribution in [0.15, 0.2) is 60.9 Å². The van der Waals surface area contributed by atoms with Crippen molar-refractivity contribution >= 4 is 0 Å². The van der Waals surface area contributed by atoms with E-state index in [-0.39, 0.29) is 6.61 Å². The predicted molar refractivity (Wildman–Crippen MR) is 181 cm³/mol. The molecule has 0 saturated heterocycles. The molecule has 0 amide bonds. The molecule has 3 rings (SSSR count). The van der Waals surface area contributed by atoms with Gasteiger partial charge < -0.3 is 4.74 Å². The monoisotopic (exact) mass is 588 g/mol. The lowest BCUT2D eigenvalue weighted by atomic mass is 10.0. The lowest BCUT2D eigenvalue weighted by Crippen LogP contribution is -2.12. The molecule has 0 fully saturated rings. The van der Waals surface area contributed by atoms with Crippen molar-refractivity contribution in [2.45, 2.75) is 142 Å². The number of aromatic nitrogens is 2. The molecule has 236 valence electrons. The zero-order valence-corrected chi connectivity index (χ0v) is 27.2. The van der Waals surface area contributed by atoms with Crippen LogP contribution in [0.3, 0.4) is 0 Å². The molecule has 0 radical (unpaired) electrons. The molecule has 0 aliphatic carbocycles. The Hall–Kier alpha value is -2.75. The van der Waals surface area contributed by atoms with Crippen molar-refractivity contribution in [2.24, 2.45) is 0 Å². The minimum Gasteiger partial charge on any atom is -0.491 e. The number of hydrogen-bond acceptors (Lipinski definition) is 3. The summed E-state index contributed by atoms with van der Waals surface area (Å²) in [6.07, 6.45) is 26.6. The van der Waals surface area contributed by atoms with Gasteiger partial charge in [0.05, 0.1) is 0 Å². The molecule has 2 aromatic carbocycles. The smallest absolute Gasteiger partial charge is 0.159 e. The SMILES string of the molecule is CCCCCCCCCCCc1ccc(-c2ncc(-c3ccc(OCC(F)CCCCCCCCCC)cc3)cn2)cc1.